The van der Waals surface area contributed by atoms with Crippen molar-refractivity contribution in [3.05, 3.63) is 30.1 Å². The van der Waals surface area contributed by atoms with Crippen molar-refractivity contribution in [3.63, 3.8) is 0 Å². The van der Waals surface area contributed by atoms with Crippen molar-refractivity contribution < 1.29 is 8.60 Å². The summed E-state index contributed by atoms with van der Waals surface area (Å²) in [6.45, 7) is 3.70. The number of hydrogen-bond acceptors (Lipinski definition) is 1. The van der Waals surface area contributed by atoms with E-state index in [9.17, 15) is 8.60 Å². The lowest BCUT2D eigenvalue weighted by Gasteiger charge is -2.04. The summed E-state index contributed by atoms with van der Waals surface area (Å²) in [5, 5.41) is 0.0341. The SMILES string of the molecule is CC(C)S(=O)c1cccc(F)c1. The molecule has 0 aliphatic carbocycles. The molecule has 0 amide bonds. The Bertz CT molecular complexity index is 296. The molecule has 1 aromatic carbocycles. The summed E-state index contributed by atoms with van der Waals surface area (Å²) < 4.78 is 24.1. The van der Waals surface area contributed by atoms with E-state index in [1.807, 2.05) is 13.8 Å². The van der Waals surface area contributed by atoms with Crippen LogP contribution in [0.15, 0.2) is 29.2 Å². The monoisotopic (exact) mass is 186 g/mol. The molecule has 0 heterocycles. The van der Waals surface area contributed by atoms with Gasteiger partial charge in [-0.25, -0.2) is 4.39 Å². The maximum atomic E-state index is 12.7. The van der Waals surface area contributed by atoms with Crippen LogP contribution >= 0.6 is 0 Å². The highest BCUT2D eigenvalue weighted by Gasteiger charge is 2.07. The Labute approximate surface area is 74.1 Å². The first-order chi connectivity index (χ1) is 5.61. The van der Waals surface area contributed by atoms with E-state index in [4.69, 9.17) is 0 Å². The van der Waals surface area contributed by atoms with Crippen molar-refractivity contribution >= 4 is 10.8 Å². The number of rotatable bonds is 2. The van der Waals surface area contributed by atoms with E-state index in [1.54, 1.807) is 12.1 Å². The summed E-state index contributed by atoms with van der Waals surface area (Å²) in [7, 11) is -1.09. The molecule has 0 N–H and O–H groups in total. The lowest BCUT2D eigenvalue weighted by atomic mass is 10.4. The Kier molecular flexibility index (Phi) is 2.98. The van der Waals surface area contributed by atoms with Crippen molar-refractivity contribution in [2.45, 2.75) is 24.0 Å². The van der Waals surface area contributed by atoms with Gasteiger partial charge in [-0.2, -0.15) is 0 Å². The van der Waals surface area contributed by atoms with Crippen LogP contribution in [0.5, 0.6) is 0 Å². The summed E-state index contributed by atoms with van der Waals surface area (Å²) in [5.74, 6) is -0.332. The normalized spacial score (nSPS) is 13.3. The predicted octanol–water partition coefficient (Wildman–Crippen LogP) is 2.34. The molecule has 0 aliphatic heterocycles. The average molecular weight is 186 g/mol. The van der Waals surface area contributed by atoms with Crippen LogP contribution in [0, 0.1) is 5.82 Å². The minimum Gasteiger partial charge on any atom is -0.254 e. The molecule has 0 aliphatic rings. The Morgan fingerprint density at radius 3 is 2.58 bits per heavy atom. The molecule has 12 heavy (non-hydrogen) atoms. The quantitative estimate of drug-likeness (QED) is 0.693. The van der Waals surface area contributed by atoms with Gasteiger partial charge in [-0.05, 0) is 18.2 Å². The van der Waals surface area contributed by atoms with E-state index in [2.05, 4.69) is 0 Å². The van der Waals surface area contributed by atoms with Crippen LogP contribution in [-0.4, -0.2) is 9.46 Å². The fourth-order valence-corrected chi connectivity index (χ4v) is 1.85. The molecule has 0 saturated carbocycles. The third kappa shape index (κ3) is 2.14. The van der Waals surface area contributed by atoms with Crippen LogP contribution in [0.4, 0.5) is 4.39 Å². The molecule has 0 radical (unpaired) electrons. The standard InChI is InChI=1S/C9H11FOS/c1-7(2)12(11)9-5-3-4-8(10)6-9/h3-7H,1-2H3. The lowest BCUT2D eigenvalue weighted by Crippen LogP contribution is -2.05. The summed E-state index contributed by atoms with van der Waals surface area (Å²) in [5.41, 5.74) is 0. The second kappa shape index (κ2) is 3.81. The highest BCUT2D eigenvalue weighted by Crippen LogP contribution is 2.11. The van der Waals surface area contributed by atoms with Gasteiger partial charge in [0.1, 0.15) is 5.82 Å². The van der Waals surface area contributed by atoms with Crippen molar-refractivity contribution in [1.29, 1.82) is 0 Å². The molecule has 0 aromatic heterocycles. The predicted molar refractivity (Wildman–Crippen MR) is 47.9 cm³/mol. The van der Waals surface area contributed by atoms with Crippen LogP contribution in [-0.2, 0) is 10.8 Å². The topological polar surface area (TPSA) is 17.1 Å². The molecule has 1 nitrogen and oxygen atoms in total. The second-order valence-corrected chi connectivity index (χ2v) is 4.81. The first-order valence-corrected chi connectivity index (χ1v) is 4.98. The van der Waals surface area contributed by atoms with Gasteiger partial charge in [-0.3, -0.25) is 4.21 Å². The summed E-state index contributed by atoms with van der Waals surface area (Å²) in [4.78, 5) is 0.560. The molecule has 1 rings (SSSR count). The second-order valence-electron chi connectivity index (χ2n) is 2.80. The van der Waals surface area contributed by atoms with Crippen LogP contribution in [0.25, 0.3) is 0 Å². The molecule has 3 heteroatoms. The average Bonchev–Trinajstić information content (AvgIpc) is 2.03. The van der Waals surface area contributed by atoms with E-state index in [1.165, 1.54) is 12.1 Å². The highest BCUT2D eigenvalue weighted by atomic mass is 32.2. The lowest BCUT2D eigenvalue weighted by molar-refractivity contribution is 0.622. The molecule has 0 fully saturated rings. The van der Waals surface area contributed by atoms with Gasteiger partial charge in [-0.1, -0.05) is 19.9 Å². The van der Waals surface area contributed by atoms with E-state index in [0.717, 1.165) is 0 Å². The number of benzene rings is 1. The summed E-state index contributed by atoms with van der Waals surface area (Å²) in [6.07, 6.45) is 0. The van der Waals surface area contributed by atoms with Gasteiger partial charge < -0.3 is 0 Å². The molecule has 1 atom stereocenters. The molecule has 0 saturated heterocycles. The zero-order chi connectivity index (χ0) is 9.14. The van der Waals surface area contributed by atoms with Gasteiger partial charge in [0.15, 0.2) is 0 Å². The fraction of sp³-hybridized carbons (Fsp3) is 0.333. The van der Waals surface area contributed by atoms with Crippen LogP contribution in [0.3, 0.4) is 0 Å². The molecule has 1 aromatic rings. The maximum absolute atomic E-state index is 12.7. The zero-order valence-electron chi connectivity index (χ0n) is 7.08. The number of hydrogen-bond donors (Lipinski definition) is 0. The Hall–Kier alpha value is -0.700. The summed E-state index contributed by atoms with van der Waals surface area (Å²) >= 11 is 0. The fourth-order valence-electron chi connectivity index (χ4n) is 0.864. The Balaban J connectivity index is 2.96. The van der Waals surface area contributed by atoms with Crippen molar-refractivity contribution in [2.75, 3.05) is 0 Å². The summed E-state index contributed by atoms with van der Waals surface area (Å²) in [6, 6.07) is 5.92. The molecular formula is C9H11FOS. The van der Waals surface area contributed by atoms with Gasteiger partial charge in [0, 0.05) is 10.1 Å². The third-order valence-electron chi connectivity index (χ3n) is 1.46. The zero-order valence-corrected chi connectivity index (χ0v) is 7.90. The number of halogens is 1. The van der Waals surface area contributed by atoms with E-state index >= 15 is 0 Å². The van der Waals surface area contributed by atoms with Crippen molar-refractivity contribution in [2.24, 2.45) is 0 Å². The molecule has 0 bridgehead atoms. The Morgan fingerprint density at radius 2 is 2.08 bits per heavy atom. The highest BCUT2D eigenvalue weighted by molar-refractivity contribution is 7.85. The van der Waals surface area contributed by atoms with Gasteiger partial charge >= 0.3 is 0 Å². The van der Waals surface area contributed by atoms with Crippen LogP contribution < -0.4 is 0 Å². The van der Waals surface area contributed by atoms with E-state index < -0.39 is 10.8 Å². The van der Waals surface area contributed by atoms with Crippen molar-refractivity contribution in [1.82, 2.24) is 0 Å². The molecule has 0 spiro atoms. The molecule has 1 unspecified atom stereocenters. The first kappa shape index (κ1) is 9.39. The maximum Gasteiger partial charge on any atom is 0.124 e. The molecular weight excluding hydrogens is 175 g/mol. The largest absolute Gasteiger partial charge is 0.254 e. The molecule has 66 valence electrons. The van der Waals surface area contributed by atoms with E-state index in [0.29, 0.717) is 4.90 Å². The van der Waals surface area contributed by atoms with Gasteiger partial charge in [-0.15, -0.1) is 0 Å². The van der Waals surface area contributed by atoms with Gasteiger partial charge in [0.05, 0.1) is 10.8 Å². The van der Waals surface area contributed by atoms with Crippen molar-refractivity contribution in [3.8, 4) is 0 Å². The van der Waals surface area contributed by atoms with Crippen LogP contribution in [0.2, 0.25) is 0 Å². The smallest absolute Gasteiger partial charge is 0.124 e. The van der Waals surface area contributed by atoms with E-state index in [-0.39, 0.29) is 11.1 Å². The Morgan fingerprint density at radius 1 is 1.42 bits per heavy atom. The minimum atomic E-state index is -1.09. The minimum absolute atomic E-state index is 0.0341. The van der Waals surface area contributed by atoms with Gasteiger partial charge in [0.2, 0.25) is 0 Å². The third-order valence-corrected chi connectivity index (χ3v) is 3.03. The van der Waals surface area contributed by atoms with Gasteiger partial charge in [0.25, 0.3) is 0 Å². The first-order valence-electron chi connectivity index (χ1n) is 3.77. The van der Waals surface area contributed by atoms with Crippen LogP contribution in [0.1, 0.15) is 13.8 Å².